The Morgan fingerprint density at radius 2 is 1.50 bits per heavy atom. The fourth-order valence-corrected chi connectivity index (χ4v) is 4.51. The van der Waals surface area contributed by atoms with Crippen molar-refractivity contribution in [3.05, 3.63) is 70.6 Å². The summed E-state index contributed by atoms with van der Waals surface area (Å²) in [7, 11) is 0. The minimum absolute atomic E-state index is 0.0384. The average molecular weight is 375 g/mol. The Kier molecular flexibility index (Phi) is 5.12. The Balaban J connectivity index is 1.94. The van der Waals surface area contributed by atoms with Crippen LogP contribution in [0.3, 0.4) is 0 Å². The molecular weight excluding hydrogens is 350 g/mol. The lowest BCUT2D eigenvalue weighted by Gasteiger charge is -2.35. The molecule has 0 aromatic heterocycles. The second-order valence-corrected chi connectivity index (χ2v) is 7.84. The molecule has 4 nitrogen and oxygen atoms in total. The number of Topliss-reactive ketones (excluding diaryl/α,β-unsaturated/α-hetero) is 3. The first-order valence-electron chi connectivity index (χ1n) is 10.2. The molecule has 0 saturated carbocycles. The van der Waals surface area contributed by atoms with E-state index in [2.05, 4.69) is 11.9 Å². The summed E-state index contributed by atoms with van der Waals surface area (Å²) >= 11 is 0. The van der Waals surface area contributed by atoms with Gasteiger partial charge in [0.1, 0.15) is 0 Å². The molecule has 0 spiro atoms. The first kappa shape index (κ1) is 18.6. The molecule has 0 radical (unpaired) electrons. The molecular formula is C24H25NO3. The van der Waals surface area contributed by atoms with Crippen molar-refractivity contribution in [3.8, 4) is 0 Å². The van der Waals surface area contributed by atoms with Gasteiger partial charge in [0.15, 0.2) is 17.3 Å². The lowest BCUT2D eigenvalue weighted by atomic mass is 9.72. The molecule has 1 aromatic rings. The van der Waals surface area contributed by atoms with Gasteiger partial charge in [-0.25, -0.2) is 0 Å². The van der Waals surface area contributed by atoms with E-state index in [-0.39, 0.29) is 17.3 Å². The largest absolute Gasteiger partial charge is 0.355 e. The highest BCUT2D eigenvalue weighted by atomic mass is 16.1. The summed E-state index contributed by atoms with van der Waals surface area (Å²) in [5.41, 5.74) is 3.67. The van der Waals surface area contributed by atoms with E-state index >= 15 is 0 Å². The molecule has 0 saturated heterocycles. The highest BCUT2D eigenvalue weighted by molar-refractivity contribution is 6.17. The monoisotopic (exact) mass is 375 g/mol. The van der Waals surface area contributed by atoms with E-state index in [9.17, 15) is 14.4 Å². The van der Waals surface area contributed by atoms with Gasteiger partial charge < -0.3 is 5.32 Å². The van der Waals surface area contributed by atoms with Crippen LogP contribution in [0.5, 0.6) is 0 Å². The van der Waals surface area contributed by atoms with Crippen LogP contribution in [0.15, 0.2) is 65.0 Å². The number of benzene rings is 1. The van der Waals surface area contributed by atoms with Gasteiger partial charge in [0.25, 0.3) is 0 Å². The van der Waals surface area contributed by atoms with E-state index in [0.29, 0.717) is 41.7 Å². The molecule has 1 atom stereocenters. The van der Waals surface area contributed by atoms with Crippen LogP contribution in [0.2, 0.25) is 0 Å². The highest BCUT2D eigenvalue weighted by Gasteiger charge is 2.41. The zero-order valence-corrected chi connectivity index (χ0v) is 16.1. The molecule has 2 aliphatic carbocycles. The van der Waals surface area contributed by atoms with Crippen molar-refractivity contribution in [2.75, 3.05) is 0 Å². The molecule has 4 rings (SSSR count). The number of allylic oxidation sites excluding steroid dienone is 5. The second-order valence-electron chi connectivity index (χ2n) is 7.84. The average Bonchev–Trinajstić information content (AvgIpc) is 2.71. The van der Waals surface area contributed by atoms with Gasteiger partial charge in [-0.05, 0) is 43.2 Å². The third-order valence-corrected chi connectivity index (χ3v) is 5.94. The molecule has 4 heteroatoms. The summed E-state index contributed by atoms with van der Waals surface area (Å²) in [5, 5.41) is 3.23. The van der Waals surface area contributed by atoms with Gasteiger partial charge in [-0.2, -0.15) is 0 Å². The van der Waals surface area contributed by atoms with Crippen LogP contribution in [-0.4, -0.2) is 17.3 Å². The van der Waals surface area contributed by atoms with Gasteiger partial charge in [-0.15, -0.1) is 0 Å². The normalized spacial score (nSPS) is 23.9. The van der Waals surface area contributed by atoms with E-state index in [1.54, 1.807) is 0 Å². The lowest BCUT2D eigenvalue weighted by Crippen LogP contribution is -2.37. The number of carbonyl (C=O) groups excluding carboxylic acids is 3. The van der Waals surface area contributed by atoms with Crippen molar-refractivity contribution >= 4 is 17.3 Å². The van der Waals surface area contributed by atoms with E-state index in [1.807, 2.05) is 30.3 Å². The van der Waals surface area contributed by atoms with Gasteiger partial charge in [0, 0.05) is 35.6 Å². The highest BCUT2D eigenvalue weighted by Crippen LogP contribution is 2.43. The third kappa shape index (κ3) is 3.28. The standard InChI is InChI=1S/C24H25NO3/c1-15-9-4-2-7-13-19(27)23-22(24(15)28)20(16-10-5-3-6-11-16)21-17(25-23)12-8-14-18(21)26/h3,5-6,10-11,20,25H,1-2,4,7-9,12-14H2. The number of hydrogen-bond donors (Lipinski definition) is 1. The molecule has 28 heavy (non-hydrogen) atoms. The molecule has 1 aliphatic heterocycles. The smallest absolute Gasteiger partial charge is 0.187 e. The van der Waals surface area contributed by atoms with Crippen molar-refractivity contribution in [3.63, 3.8) is 0 Å². The molecule has 1 aromatic carbocycles. The fraction of sp³-hybridized carbons (Fsp3) is 0.375. The van der Waals surface area contributed by atoms with E-state index in [1.165, 1.54) is 0 Å². The Morgan fingerprint density at radius 1 is 0.786 bits per heavy atom. The van der Waals surface area contributed by atoms with E-state index in [0.717, 1.165) is 43.4 Å². The van der Waals surface area contributed by atoms with Gasteiger partial charge >= 0.3 is 0 Å². The van der Waals surface area contributed by atoms with Gasteiger partial charge in [-0.3, -0.25) is 14.4 Å². The molecule has 0 bridgehead atoms. The van der Waals surface area contributed by atoms with Crippen LogP contribution in [0.25, 0.3) is 0 Å². The van der Waals surface area contributed by atoms with Crippen LogP contribution in [0, 0.1) is 0 Å². The number of carbonyl (C=O) groups is 3. The molecule has 1 heterocycles. The number of nitrogens with one attached hydrogen (secondary N) is 1. The number of ketones is 3. The van der Waals surface area contributed by atoms with E-state index < -0.39 is 5.92 Å². The quantitative estimate of drug-likeness (QED) is 0.744. The summed E-state index contributed by atoms with van der Waals surface area (Å²) in [5.74, 6) is -0.648. The third-order valence-electron chi connectivity index (χ3n) is 5.94. The maximum atomic E-state index is 13.4. The van der Waals surface area contributed by atoms with Crippen molar-refractivity contribution < 1.29 is 14.4 Å². The second kappa shape index (κ2) is 7.70. The molecule has 1 unspecified atom stereocenters. The van der Waals surface area contributed by atoms with Crippen LogP contribution in [-0.2, 0) is 14.4 Å². The lowest BCUT2D eigenvalue weighted by molar-refractivity contribution is -0.118. The maximum absolute atomic E-state index is 13.4. The number of hydrogen-bond acceptors (Lipinski definition) is 4. The Morgan fingerprint density at radius 3 is 2.29 bits per heavy atom. The minimum Gasteiger partial charge on any atom is -0.355 e. The summed E-state index contributed by atoms with van der Waals surface area (Å²) in [4.78, 5) is 39.4. The molecule has 3 aliphatic rings. The van der Waals surface area contributed by atoms with Crippen molar-refractivity contribution in [1.29, 1.82) is 0 Å². The van der Waals surface area contributed by atoms with Crippen molar-refractivity contribution in [1.82, 2.24) is 5.32 Å². The van der Waals surface area contributed by atoms with Crippen LogP contribution < -0.4 is 5.32 Å². The van der Waals surface area contributed by atoms with Gasteiger partial charge in [-0.1, -0.05) is 43.3 Å². The first-order valence-corrected chi connectivity index (χ1v) is 10.2. The maximum Gasteiger partial charge on any atom is 0.187 e. The van der Waals surface area contributed by atoms with Crippen molar-refractivity contribution in [2.45, 2.75) is 57.3 Å². The van der Waals surface area contributed by atoms with Crippen LogP contribution in [0.4, 0.5) is 0 Å². The topological polar surface area (TPSA) is 63.2 Å². The van der Waals surface area contributed by atoms with Crippen LogP contribution in [0.1, 0.15) is 62.8 Å². The molecule has 144 valence electrons. The van der Waals surface area contributed by atoms with Crippen molar-refractivity contribution in [2.24, 2.45) is 0 Å². The number of dihydropyridines is 1. The molecule has 0 fully saturated rings. The summed E-state index contributed by atoms with van der Waals surface area (Å²) in [6.07, 6.45) is 5.60. The Hall–Kier alpha value is -2.75. The molecule has 1 N–H and O–H groups in total. The molecule has 0 amide bonds. The zero-order valence-electron chi connectivity index (χ0n) is 16.1. The van der Waals surface area contributed by atoms with Crippen LogP contribution >= 0.6 is 0 Å². The predicted molar refractivity (Wildman–Crippen MR) is 107 cm³/mol. The first-order chi connectivity index (χ1) is 13.6. The number of rotatable bonds is 1. The van der Waals surface area contributed by atoms with Gasteiger partial charge in [0.05, 0.1) is 5.70 Å². The Bertz CT molecular complexity index is 920. The van der Waals surface area contributed by atoms with Gasteiger partial charge in [0.2, 0.25) is 0 Å². The summed E-state index contributed by atoms with van der Waals surface area (Å²) in [6.45, 7) is 4.01. The van der Waals surface area contributed by atoms with E-state index in [4.69, 9.17) is 0 Å². The minimum atomic E-state index is -0.493. The SMILES string of the molecule is C=C1CCCCCC(=O)C2=C(C1=O)C(c1ccccc1)C1=C(CCCC1=O)N2. The predicted octanol–water partition coefficient (Wildman–Crippen LogP) is 4.29. The summed E-state index contributed by atoms with van der Waals surface area (Å²) < 4.78 is 0. The summed E-state index contributed by atoms with van der Waals surface area (Å²) in [6, 6.07) is 9.61. The Labute approximate surface area is 165 Å². The fourth-order valence-electron chi connectivity index (χ4n) is 4.51. The zero-order chi connectivity index (χ0) is 19.7.